The first-order valence-corrected chi connectivity index (χ1v) is 8.94. The van der Waals surface area contributed by atoms with E-state index in [4.69, 9.17) is 5.26 Å². The number of unbranched alkanes of at least 4 members (excludes halogenated alkanes) is 4. The van der Waals surface area contributed by atoms with Crippen molar-refractivity contribution in [3.63, 3.8) is 0 Å². The van der Waals surface area contributed by atoms with Crippen molar-refractivity contribution in [2.75, 3.05) is 0 Å². The van der Waals surface area contributed by atoms with Gasteiger partial charge in [0.2, 0.25) is 0 Å². The quantitative estimate of drug-likeness (QED) is 0.327. The first-order chi connectivity index (χ1) is 13.0. The lowest BCUT2D eigenvalue weighted by Crippen LogP contribution is -2.02. The van der Waals surface area contributed by atoms with Gasteiger partial charge in [0.25, 0.3) is 11.4 Å². The molecule has 0 unspecified atom stereocenters. The molecule has 0 amide bonds. The molecule has 140 valence electrons. The lowest BCUT2D eigenvalue weighted by atomic mass is 9.96. The van der Waals surface area contributed by atoms with Crippen molar-refractivity contribution < 1.29 is 9.85 Å². The monoisotopic (exact) mass is 367 g/mol. The lowest BCUT2D eigenvalue weighted by Gasteiger charge is -2.08. The summed E-state index contributed by atoms with van der Waals surface area (Å²) in [6.45, 7) is 2.09. The fourth-order valence-corrected chi connectivity index (χ4v) is 3.03. The van der Waals surface area contributed by atoms with Gasteiger partial charge in [0.05, 0.1) is 21.5 Å². The second kappa shape index (κ2) is 9.43. The van der Waals surface area contributed by atoms with Gasteiger partial charge in [-0.25, -0.2) is 0 Å². The third-order valence-electron chi connectivity index (χ3n) is 4.47. The first-order valence-electron chi connectivity index (χ1n) is 8.94. The maximum absolute atomic E-state index is 11.6. The summed E-state index contributed by atoms with van der Waals surface area (Å²) in [6.07, 6.45) is 5.06. The van der Waals surface area contributed by atoms with E-state index in [1.54, 1.807) is 24.3 Å². The minimum atomic E-state index is -0.554. The molecule has 7 nitrogen and oxygen atoms in total. The summed E-state index contributed by atoms with van der Waals surface area (Å²) in [6, 6.07) is 11.2. The summed E-state index contributed by atoms with van der Waals surface area (Å²) in [5.74, 6) is 0. The molecule has 0 aliphatic heterocycles. The Kier molecular flexibility index (Phi) is 7.00. The van der Waals surface area contributed by atoms with Crippen molar-refractivity contribution in [3.8, 4) is 17.2 Å². The second-order valence-corrected chi connectivity index (χ2v) is 6.36. The van der Waals surface area contributed by atoms with Crippen LogP contribution in [0.4, 0.5) is 11.4 Å². The Hall–Kier alpha value is -3.27. The Balaban J connectivity index is 2.42. The number of nitriles is 1. The molecule has 2 aromatic rings. The third-order valence-corrected chi connectivity index (χ3v) is 4.47. The Morgan fingerprint density at radius 1 is 0.889 bits per heavy atom. The third kappa shape index (κ3) is 5.11. The van der Waals surface area contributed by atoms with E-state index in [1.165, 1.54) is 12.1 Å². The molecule has 0 atom stereocenters. The Labute approximate surface area is 157 Å². The Morgan fingerprint density at radius 3 is 1.93 bits per heavy atom. The van der Waals surface area contributed by atoms with Crippen molar-refractivity contribution in [2.45, 2.75) is 45.4 Å². The number of hydrogen-bond acceptors (Lipinski definition) is 5. The fraction of sp³-hybridized carbons (Fsp3) is 0.350. The van der Waals surface area contributed by atoms with Gasteiger partial charge in [0.15, 0.2) is 0 Å². The molecular weight excluding hydrogens is 346 g/mol. The molecule has 0 aliphatic carbocycles. The van der Waals surface area contributed by atoms with Gasteiger partial charge >= 0.3 is 0 Å². The number of nitro benzene ring substituents is 2. The van der Waals surface area contributed by atoms with Crippen LogP contribution in [0.5, 0.6) is 0 Å². The highest BCUT2D eigenvalue weighted by Crippen LogP contribution is 2.36. The van der Waals surface area contributed by atoms with E-state index < -0.39 is 9.85 Å². The van der Waals surface area contributed by atoms with E-state index in [9.17, 15) is 20.2 Å². The maximum Gasteiger partial charge on any atom is 0.280 e. The van der Waals surface area contributed by atoms with Crippen LogP contribution in [0.15, 0.2) is 36.4 Å². The molecular formula is C20H21N3O4. The summed E-state index contributed by atoms with van der Waals surface area (Å²) in [5.41, 5.74) is 1.17. The smallest absolute Gasteiger partial charge is 0.258 e. The highest BCUT2D eigenvalue weighted by molar-refractivity contribution is 5.73. The SMILES string of the molecule is CCCCCCCc1c([N+](=O)[O-])cc(-c2ccc(C#N)cc2)cc1[N+](=O)[O-]. The van der Waals surface area contributed by atoms with E-state index in [-0.39, 0.29) is 16.9 Å². The van der Waals surface area contributed by atoms with Crippen molar-refractivity contribution in [1.29, 1.82) is 5.26 Å². The van der Waals surface area contributed by atoms with E-state index in [0.29, 0.717) is 29.5 Å². The Bertz CT molecular complexity index is 835. The van der Waals surface area contributed by atoms with Gasteiger partial charge in [-0.2, -0.15) is 5.26 Å². The number of rotatable bonds is 9. The van der Waals surface area contributed by atoms with Gasteiger partial charge in [-0.05, 0) is 36.1 Å². The molecule has 27 heavy (non-hydrogen) atoms. The number of nitro groups is 2. The zero-order valence-electron chi connectivity index (χ0n) is 15.2. The Morgan fingerprint density at radius 2 is 1.44 bits per heavy atom. The van der Waals surface area contributed by atoms with Crippen LogP contribution in [0, 0.1) is 31.6 Å². The average Bonchev–Trinajstić information content (AvgIpc) is 2.67. The molecule has 0 heterocycles. The highest BCUT2D eigenvalue weighted by Gasteiger charge is 2.26. The summed E-state index contributed by atoms with van der Waals surface area (Å²) < 4.78 is 0. The normalized spacial score (nSPS) is 10.4. The standard InChI is InChI=1S/C20H21N3O4/c1-2-3-4-5-6-7-18-19(22(24)25)12-17(13-20(18)23(26)27)16-10-8-15(14-21)9-11-16/h8-13H,2-7H2,1H3. The molecule has 0 aliphatic rings. The molecule has 2 aromatic carbocycles. The molecule has 0 bridgehead atoms. The fourth-order valence-electron chi connectivity index (χ4n) is 3.03. The summed E-state index contributed by atoms with van der Waals surface area (Å²) >= 11 is 0. The number of hydrogen-bond donors (Lipinski definition) is 0. The molecule has 0 saturated heterocycles. The zero-order valence-corrected chi connectivity index (χ0v) is 15.2. The molecule has 0 radical (unpaired) electrons. The van der Waals surface area contributed by atoms with Crippen LogP contribution < -0.4 is 0 Å². The van der Waals surface area contributed by atoms with Crippen molar-refractivity contribution in [2.24, 2.45) is 0 Å². The van der Waals surface area contributed by atoms with Crippen LogP contribution in [-0.2, 0) is 6.42 Å². The van der Waals surface area contributed by atoms with Crippen molar-refractivity contribution in [3.05, 3.63) is 67.8 Å². The largest absolute Gasteiger partial charge is 0.280 e. The topological polar surface area (TPSA) is 110 Å². The van der Waals surface area contributed by atoms with E-state index in [1.807, 2.05) is 6.07 Å². The van der Waals surface area contributed by atoms with Gasteiger partial charge in [-0.3, -0.25) is 20.2 Å². The average molecular weight is 367 g/mol. The van der Waals surface area contributed by atoms with Gasteiger partial charge in [-0.15, -0.1) is 0 Å². The molecule has 0 aromatic heterocycles. The number of benzene rings is 2. The number of nitrogens with zero attached hydrogens (tertiary/aromatic N) is 3. The molecule has 0 spiro atoms. The van der Waals surface area contributed by atoms with Gasteiger partial charge < -0.3 is 0 Å². The summed E-state index contributed by atoms with van der Waals surface area (Å²) in [7, 11) is 0. The van der Waals surface area contributed by atoms with Crippen LogP contribution in [0.3, 0.4) is 0 Å². The van der Waals surface area contributed by atoms with Crippen LogP contribution in [0.1, 0.15) is 50.2 Å². The maximum atomic E-state index is 11.6. The minimum absolute atomic E-state index is 0.180. The first kappa shape index (κ1) is 20.0. The molecule has 0 fully saturated rings. The van der Waals surface area contributed by atoms with Gasteiger partial charge in [0, 0.05) is 12.1 Å². The molecule has 2 rings (SSSR count). The minimum Gasteiger partial charge on any atom is -0.258 e. The van der Waals surface area contributed by atoms with Crippen molar-refractivity contribution in [1.82, 2.24) is 0 Å². The van der Waals surface area contributed by atoms with Crippen LogP contribution in [0.2, 0.25) is 0 Å². The van der Waals surface area contributed by atoms with Crippen LogP contribution in [-0.4, -0.2) is 9.85 Å². The molecule has 0 N–H and O–H groups in total. The van der Waals surface area contributed by atoms with Gasteiger partial charge in [-0.1, -0.05) is 44.7 Å². The van der Waals surface area contributed by atoms with E-state index in [0.717, 1.165) is 25.7 Å². The second-order valence-electron chi connectivity index (χ2n) is 6.36. The van der Waals surface area contributed by atoms with Crippen LogP contribution >= 0.6 is 0 Å². The predicted molar refractivity (Wildman–Crippen MR) is 102 cm³/mol. The summed E-state index contributed by atoms with van der Waals surface area (Å²) in [5, 5.41) is 32.0. The lowest BCUT2D eigenvalue weighted by molar-refractivity contribution is -0.395. The highest BCUT2D eigenvalue weighted by atomic mass is 16.6. The predicted octanol–water partition coefficient (Wildman–Crippen LogP) is 5.55. The van der Waals surface area contributed by atoms with Gasteiger partial charge in [0.1, 0.15) is 5.56 Å². The van der Waals surface area contributed by atoms with E-state index in [2.05, 4.69) is 6.92 Å². The molecule has 0 saturated carbocycles. The van der Waals surface area contributed by atoms with E-state index >= 15 is 0 Å². The van der Waals surface area contributed by atoms with Crippen LogP contribution in [0.25, 0.3) is 11.1 Å². The summed E-state index contributed by atoms with van der Waals surface area (Å²) in [4.78, 5) is 22.0. The molecule has 7 heteroatoms. The zero-order chi connectivity index (χ0) is 19.8. The van der Waals surface area contributed by atoms with Crippen molar-refractivity contribution >= 4 is 11.4 Å².